The summed E-state index contributed by atoms with van der Waals surface area (Å²) in [5.74, 6) is 0. The molecule has 0 aliphatic heterocycles. The smallest absolute Gasteiger partial charge is 0.126 e. The van der Waals surface area contributed by atoms with Crippen molar-refractivity contribution in [2.75, 3.05) is 0 Å². The molecule has 1 aromatic carbocycles. The molecule has 1 aliphatic carbocycles. The summed E-state index contributed by atoms with van der Waals surface area (Å²) in [6, 6.07) is 10.2. The third-order valence-electron chi connectivity index (χ3n) is 4.52. The Morgan fingerprint density at radius 2 is 1.89 bits per heavy atom. The second-order valence-corrected chi connectivity index (χ2v) is 6.25. The predicted octanol–water partition coefficient (Wildman–Crippen LogP) is 3.60. The van der Waals surface area contributed by atoms with Gasteiger partial charge in [0.05, 0.1) is 12.7 Å². The van der Waals surface area contributed by atoms with E-state index < -0.39 is 0 Å². The van der Waals surface area contributed by atoms with Gasteiger partial charge in [0.15, 0.2) is 0 Å². The van der Waals surface area contributed by atoms with Crippen molar-refractivity contribution in [2.24, 2.45) is 10.8 Å². The highest BCUT2D eigenvalue weighted by atomic mass is 16.5. The van der Waals surface area contributed by atoms with Gasteiger partial charge >= 0.3 is 0 Å². The van der Waals surface area contributed by atoms with Crippen LogP contribution in [-0.4, -0.2) is 12.4 Å². The summed E-state index contributed by atoms with van der Waals surface area (Å²) in [5.41, 5.74) is 0.958. The van der Waals surface area contributed by atoms with Crippen molar-refractivity contribution in [3.05, 3.63) is 35.9 Å². The van der Waals surface area contributed by atoms with Crippen LogP contribution >= 0.6 is 0 Å². The average Bonchev–Trinajstić information content (AvgIpc) is 2.59. The molecule has 0 N–H and O–H groups in total. The van der Waals surface area contributed by atoms with Gasteiger partial charge in [0.25, 0.3) is 0 Å². The van der Waals surface area contributed by atoms with Crippen LogP contribution in [0.1, 0.15) is 39.2 Å². The lowest BCUT2D eigenvalue weighted by Gasteiger charge is -2.32. The first-order valence-corrected chi connectivity index (χ1v) is 6.59. The first-order chi connectivity index (χ1) is 8.47. The first kappa shape index (κ1) is 13.3. The highest BCUT2D eigenvalue weighted by Crippen LogP contribution is 2.51. The van der Waals surface area contributed by atoms with Gasteiger partial charge in [0.2, 0.25) is 0 Å². The minimum absolute atomic E-state index is 0.0239. The van der Waals surface area contributed by atoms with Crippen molar-refractivity contribution in [2.45, 2.75) is 46.3 Å². The van der Waals surface area contributed by atoms with E-state index in [1.807, 2.05) is 25.1 Å². The molecule has 0 bridgehead atoms. The Morgan fingerprint density at radius 3 is 2.44 bits per heavy atom. The molecule has 1 fully saturated rings. The summed E-state index contributed by atoms with van der Waals surface area (Å²) in [5, 5.41) is 0. The fraction of sp³-hybridized carbons (Fsp3) is 0.562. The lowest BCUT2D eigenvalue weighted by Crippen LogP contribution is -2.30. The standard InChI is InChI=1S/C16H22O2/c1-15(2)9-14(10-16(15,3)12-17)18-11-13-7-5-4-6-8-13/h4-8,12,14H,9-11H2,1-3H3/t14-,16+/m0/s1. The number of benzene rings is 1. The van der Waals surface area contributed by atoms with E-state index >= 15 is 0 Å². The van der Waals surface area contributed by atoms with Gasteiger partial charge in [-0.2, -0.15) is 0 Å². The van der Waals surface area contributed by atoms with Crippen molar-refractivity contribution in [1.82, 2.24) is 0 Å². The summed E-state index contributed by atoms with van der Waals surface area (Å²) < 4.78 is 5.96. The van der Waals surface area contributed by atoms with Crippen LogP contribution in [0.4, 0.5) is 0 Å². The van der Waals surface area contributed by atoms with Crippen LogP contribution < -0.4 is 0 Å². The highest BCUT2D eigenvalue weighted by molar-refractivity contribution is 5.61. The number of ether oxygens (including phenoxy) is 1. The molecule has 0 radical (unpaired) electrons. The molecule has 0 aromatic heterocycles. The van der Waals surface area contributed by atoms with Gasteiger partial charge in [0.1, 0.15) is 6.29 Å². The Labute approximate surface area is 109 Å². The summed E-state index contributed by atoms with van der Waals surface area (Å²) in [6.45, 7) is 7.00. The zero-order valence-electron chi connectivity index (χ0n) is 11.5. The summed E-state index contributed by atoms with van der Waals surface area (Å²) in [7, 11) is 0. The maximum atomic E-state index is 11.3. The highest BCUT2D eigenvalue weighted by Gasteiger charge is 2.50. The molecule has 18 heavy (non-hydrogen) atoms. The Bertz CT molecular complexity index is 410. The number of aldehydes is 1. The quantitative estimate of drug-likeness (QED) is 0.759. The van der Waals surface area contributed by atoms with Crippen LogP contribution in [0.2, 0.25) is 0 Å². The van der Waals surface area contributed by atoms with Crippen LogP contribution in [0.25, 0.3) is 0 Å². The van der Waals surface area contributed by atoms with E-state index in [1.54, 1.807) is 0 Å². The van der Waals surface area contributed by atoms with Crippen LogP contribution in [0.15, 0.2) is 30.3 Å². The molecular formula is C16H22O2. The minimum Gasteiger partial charge on any atom is -0.373 e. The topological polar surface area (TPSA) is 26.3 Å². The van der Waals surface area contributed by atoms with E-state index in [-0.39, 0.29) is 16.9 Å². The van der Waals surface area contributed by atoms with E-state index in [0.29, 0.717) is 6.61 Å². The van der Waals surface area contributed by atoms with Gasteiger partial charge in [-0.25, -0.2) is 0 Å². The van der Waals surface area contributed by atoms with Gasteiger partial charge in [-0.15, -0.1) is 0 Å². The minimum atomic E-state index is -0.256. The zero-order chi connectivity index (χ0) is 13.2. The Morgan fingerprint density at radius 1 is 1.22 bits per heavy atom. The van der Waals surface area contributed by atoms with E-state index in [2.05, 4.69) is 26.0 Å². The molecule has 98 valence electrons. The molecule has 1 aromatic rings. The molecule has 1 aliphatic rings. The van der Waals surface area contributed by atoms with E-state index in [9.17, 15) is 4.79 Å². The Balaban J connectivity index is 1.95. The molecule has 2 atom stereocenters. The van der Waals surface area contributed by atoms with Crippen LogP contribution in [0.5, 0.6) is 0 Å². The maximum Gasteiger partial charge on any atom is 0.126 e. The van der Waals surface area contributed by atoms with Gasteiger partial charge in [-0.3, -0.25) is 0 Å². The molecular weight excluding hydrogens is 224 g/mol. The molecule has 0 unspecified atom stereocenters. The second kappa shape index (κ2) is 4.85. The van der Waals surface area contributed by atoms with Crippen LogP contribution in [0, 0.1) is 10.8 Å². The van der Waals surface area contributed by atoms with Crippen molar-refractivity contribution in [3.8, 4) is 0 Å². The van der Waals surface area contributed by atoms with Crippen molar-refractivity contribution >= 4 is 6.29 Å². The molecule has 2 heteroatoms. The van der Waals surface area contributed by atoms with Crippen molar-refractivity contribution in [1.29, 1.82) is 0 Å². The molecule has 0 saturated heterocycles. The fourth-order valence-electron chi connectivity index (χ4n) is 2.74. The van der Waals surface area contributed by atoms with Gasteiger partial charge in [-0.05, 0) is 23.8 Å². The number of rotatable bonds is 4. The molecule has 0 amide bonds. The van der Waals surface area contributed by atoms with Gasteiger partial charge in [-0.1, -0.05) is 51.1 Å². The third kappa shape index (κ3) is 2.49. The largest absolute Gasteiger partial charge is 0.373 e. The van der Waals surface area contributed by atoms with E-state index in [1.165, 1.54) is 5.56 Å². The summed E-state index contributed by atoms with van der Waals surface area (Å²) >= 11 is 0. The van der Waals surface area contributed by atoms with Crippen molar-refractivity contribution < 1.29 is 9.53 Å². The molecule has 2 rings (SSSR count). The number of hydrogen-bond acceptors (Lipinski definition) is 2. The van der Waals surface area contributed by atoms with Gasteiger partial charge in [0, 0.05) is 5.41 Å². The molecule has 1 saturated carbocycles. The maximum absolute atomic E-state index is 11.3. The monoisotopic (exact) mass is 246 g/mol. The van der Waals surface area contributed by atoms with E-state index in [0.717, 1.165) is 19.1 Å². The predicted molar refractivity (Wildman–Crippen MR) is 72.2 cm³/mol. The third-order valence-corrected chi connectivity index (χ3v) is 4.52. The number of carbonyl (C=O) groups excluding carboxylic acids is 1. The van der Waals surface area contributed by atoms with Gasteiger partial charge < -0.3 is 9.53 Å². The lowest BCUT2D eigenvalue weighted by atomic mass is 9.70. The normalized spacial score (nSPS) is 30.3. The SMILES string of the molecule is CC1(C)C[C@H](OCc2ccccc2)C[C@]1(C)C=O. The summed E-state index contributed by atoms with van der Waals surface area (Å²) in [6.07, 6.45) is 3.08. The van der Waals surface area contributed by atoms with E-state index in [4.69, 9.17) is 4.74 Å². The average molecular weight is 246 g/mol. The molecule has 0 heterocycles. The van der Waals surface area contributed by atoms with Crippen molar-refractivity contribution in [3.63, 3.8) is 0 Å². The molecule has 0 spiro atoms. The number of hydrogen-bond donors (Lipinski definition) is 0. The van der Waals surface area contributed by atoms with Crippen LogP contribution in [0.3, 0.4) is 0 Å². The fourth-order valence-corrected chi connectivity index (χ4v) is 2.74. The first-order valence-electron chi connectivity index (χ1n) is 6.59. The Kier molecular flexibility index (Phi) is 3.58. The summed E-state index contributed by atoms with van der Waals surface area (Å²) in [4.78, 5) is 11.3. The zero-order valence-corrected chi connectivity index (χ0v) is 11.5. The van der Waals surface area contributed by atoms with Crippen LogP contribution in [-0.2, 0) is 16.1 Å². The molecule has 2 nitrogen and oxygen atoms in total. The number of carbonyl (C=O) groups is 1. The Hall–Kier alpha value is -1.15. The second-order valence-electron chi connectivity index (χ2n) is 6.25. The lowest BCUT2D eigenvalue weighted by molar-refractivity contribution is -0.119.